The van der Waals surface area contributed by atoms with Gasteiger partial charge in [0.2, 0.25) is 0 Å². The van der Waals surface area contributed by atoms with Crippen molar-refractivity contribution in [2.45, 2.75) is 19.3 Å². The second-order valence-electron chi connectivity index (χ2n) is 2.28. The lowest BCUT2D eigenvalue weighted by Gasteiger charge is -2.14. The van der Waals surface area contributed by atoms with Gasteiger partial charge in [-0.05, 0) is 19.1 Å². The second-order valence-corrected chi connectivity index (χ2v) is 2.28. The molecule has 1 aromatic rings. The fraction of sp³-hybridized carbons (Fsp3) is 0.429. The molecule has 1 rings (SSSR count). The normalized spacial score (nSPS) is 16.7. The quantitative estimate of drug-likeness (QED) is 0.624. The zero-order valence-electron chi connectivity index (χ0n) is 5.81. The van der Waals surface area contributed by atoms with Gasteiger partial charge in [0.15, 0.2) is 6.23 Å². The van der Waals surface area contributed by atoms with E-state index in [4.69, 9.17) is 5.11 Å². The molecule has 0 aliphatic carbocycles. The topological polar surface area (TPSA) is 45.4 Å². The number of aromatic nitrogens is 1. The van der Waals surface area contributed by atoms with E-state index in [0.717, 1.165) is 0 Å². The molecule has 0 saturated heterocycles. The minimum absolute atomic E-state index is 0.729. The first-order chi connectivity index (χ1) is 4.72. The van der Waals surface area contributed by atoms with Gasteiger partial charge in [0.25, 0.3) is 0 Å². The number of hydrogen-bond acceptors (Lipinski definition) is 2. The molecule has 56 valence electrons. The lowest BCUT2D eigenvalue weighted by molar-refractivity contribution is -0.0175. The van der Waals surface area contributed by atoms with E-state index < -0.39 is 12.3 Å². The molecule has 0 aromatic carbocycles. The van der Waals surface area contributed by atoms with Crippen molar-refractivity contribution < 1.29 is 10.2 Å². The van der Waals surface area contributed by atoms with Gasteiger partial charge in [-0.2, -0.15) is 0 Å². The molecule has 0 aliphatic heterocycles. The van der Waals surface area contributed by atoms with Gasteiger partial charge in [0, 0.05) is 12.4 Å². The Morgan fingerprint density at radius 2 is 1.70 bits per heavy atom. The zero-order valence-corrected chi connectivity index (χ0v) is 5.81. The number of rotatable bonds is 2. The predicted molar refractivity (Wildman–Crippen MR) is 37.4 cm³/mol. The molecule has 0 fully saturated rings. The Morgan fingerprint density at radius 1 is 1.20 bits per heavy atom. The fourth-order valence-electron chi connectivity index (χ4n) is 0.773. The molecule has 3 nitrogen and oxygen atoms in total. The van der Waals surface area contributed by atoms with Crippen molar-refractivity contribution in [1.29, 1.82) is 0 Å². The molecule has 1 heterocycles. The van der Waals surface area contributed by atoms with Crippen molar-refractivity contribution in [2.24, 2.45) is 0 Å². The predicted octanol–water partition coefficient (Wildman–Crippen LogP) is 0.360. The van der Waals surface area contributed by atoms with E-state index in [1.165, 1.54) is 0 Å². The number of aliphatic hydroxyl groups is 2. The van der Waals surface area contributed by atoms with Crippen LogP contribution in [0.25, 0.3) is 0 Å². The molecule has 3 heteroatoms. The maximum atomic E-state index is 9.20. The van der Waals surface area contributed by atoms with Crippen LogP contribution in [-0.4, -0.2) is 20.9 Å². The van der Waals surface area contributed by atoms with Gasteiger partial charge < -0.3 is 14.8 Å². The average molecular weight is 141 g/mol. The highest BCUT2D eigenvalue weighted by atomic mass is 16.3. The molecular weight excluding hydrogens is 130 g/mol. The first kappa shape index (κ1) is 7.31. The summed E-state index contributed by atoms with van der Waals surface area (Å²) in [5.74, 6) is 0. The summed E-state index contributed by atoms with van der Waals surface area (Å²) in [6, 6.07) is 3.59. The Kier molecular flexibility index (Phi) is 2.09. The van der Waals surface area contributed by atoms with Crippen molar-refractivity contribution in [2.75, 3.05) is 0 Å². The fourth-order valence-corrected chi connectivity index (χ4v) is 0.773. The van der Waals surface area contributed by atoms with Crippen molar-refractivity contribution in [3.8, 4) is 0 Å². The molecule has 0 bridgehead atoms. The molecule has 0 amide bonds. The van der Waals surface area contributed by atoms with Crippen LogP contribution in [-0.2, 0) is 0 Å². The number of aliphatic hydroxyl groups excluding tert-OH is 2. The van der Waals surface area contributed by atoms with Gasteiger partial charge >= 0.3 is 0 Å². The molecule has 0 aliphatic rings. The van der Waals surface area contributed by atoms with Crippen LogP contribution in [0.1, 0.15) is 13.2 Å². The van der Waals surface area contributed by atoms with E-state index in [9.17, 15) is 5.11 Å². The lowest BCUT2D eigenvalue weighted by atomic mass is 10.3. The van der Waals surface area contributed by atoms with E-state index in [-0.39, 0.29) is 0 Å². The largest absolute Gasteiger partial charge is 0.389 e. The van der Waals surface area contributed by atoms with Gasteiger partial charge in [-0.3, -0.25) is 0 Å². The summed E-state index contributed by atoms with van der Waals surface area (Å²) in [4.78, 5) is 0. The van der Waals surface area contributed by atoms with E-state index in [1.54, 1.807) is 36.0 Å². The van der Waals surface area contributed by atoms with Crippen molar-refractivity contribution in [3.05, 3.63) is 24.5 Å². The number of hydrogen-bond donors (Lipinski definition) is 2. The molecule has 2 unspecified atom stereocenters. The van der Waals surface area contributed by atoms with E-state index in [0.29, 0.717) is 0 Å². The Balaban J connectivity index is 2.68. The van der Waals surface area contributed by atoms with Crippen LogP contribution < -0.4 is 0 Å². The third kappa shape index (κ3) is 1.37. The molecule has 0 radical (unpaired) electrons. The molecule has 1 aromatic heterocycles. The minimum Gasteiger partial charge on any atom is -0.389 e. The highest BCUT2D eigenvalue weighted by Gasteiger charge is 2.10. The molecule has 2 N–H and O–H groups in total. The van der Waals surface area contributed by atoms with Crippen molar-refractivity contribution in [1.82, 2.24) is 4.57 Å². The SMILES string of the molecule is CC(O)C(O)n1cccc1. The highest BCUT2D eigenvalue weighted by Crippen LogP contribution is 2.06. The van der Waals surface area contributed by atoms with Gasteiger partial charge in [-0.25, -0.2) is 0 Å². The van der Waals surface area contributed by atoms with Crippen LogP contribution in [0.3, 0.4) is 0 Å². The number of nitrogens with zero attached hydrogens (tertiary/aromatic N) is 1. The van der Waals surface area contributed by atoms with Crippen LogP contribution in [0, 0.1) is 0 Å². The summed E-state index contributed by atoms with van der Waals surface area (Å²) >= 11 is 0. The van der Waals surface area contributed by atoms with Crippen molar-refractivity contribution in [3.63, 3.8) is 0 Å². The molecule has 0 saturated carbocycles. The first-order valence-electron chi connectivity index (χ1n) is 3.20. The highest BCUT2D eigenvalue weighted by molar-refractivity contribution is 4.91. The third-order valence-corrected chi connectivity index (χ3v) is 1.36. The standard InChI is InChI=1S/C7H11NO2/c1-6(9)7(10)8-4-2-3-5-8/h2-7,9-10H,1H3. The third-order valence-electron chi connectivity index (χ3n) is 1.36. The van der Waals surface area contributed by atoms with E-state index in [1.807, 2.05) is 0 Å². The molecule has 10 heavy (non-hydrogen) atoms. The zero-order chi connectivity index (χ0) is 7.56. The van der Waals surface area contributed by atoms with Gasteiger partial charge in [-0.15, -0.1) is 0 Å². The molecular formula is C7H11NO2. The molecule has 0 spiro atoms. The summed E-state index contributed by atoms with van der Waals surface area (Å²) in [7, 11) is 0. The first-order valence-corrected chi connectivity index (χ1v) is 3.20. The van der Waals surface area contributed by atoms with Gasteiger partial charge in [-0.1, -0.05) is 0 Å². The average Bonchev–Trinajstić information content (AvgIpc) is 2.36. The second kappa shape index (κ2) is 2.86. The summed E-state index contributed by atoms with van der Waals surface area (Å²) in [6.07, 6.45) is 1.86. The maximum Gasteiger partial charge on any atom is 0.156 e. The lowest BCUT2D eigenvalue weighted by Crippen LogP contribution is -2.19. The summed E-state index contributed by atoms with van der Waals surface area (Å²) < 4.78 is 1.55. The smallest absolute Gasteiger partial charge is 0.156 e. The van der Waals surface area contributed by atoms with Crippen LogP contribution >= 0.6 is 0 Å². The maximum absolute atomic E-state index is 9.20. The Morgan fingerprint density at radius 3 is 2.10 bits per heavy atom. The Bertz CT molecular complexity index is 181. The summed E-state index contributed by atoms with van der Waals surface area (Å²) in [5.41, 5.74) is 0. The monoisotopic (exact) mass is 141 g/mol. The summed E-state index contributed by atoms with van der Waals surface area (Å²) in [5, 5.41) is 18.1. The van der Waals surface area contributed by atoms with Crippen LogP contribution in [0.4, 0.5) is 0 Å². The minimum atomic E-state index is -0.824. The Labute approximate surface area is 59.5 Å². The van der Waals surface area contributed by atoms with Crippen LogP contribution in [0.15, 0.2) is 24.5 Å². The van der Waals surface area contributed by atoms with Gasteiger partial charge in [0.1, 0.15) is 0 Å². The van der Waals surface area contributed by atoms with Crippen LogP contribution in [0.2, 0.25) is 0 Å². The van der Waals surface area contributed by atoms with E-state index in [2.05, 4.69) is 0 Å². The summed E-state index contributed by atoms with van der Waals surface area (Å²) in [6.45, 7) is 1.55. The Hall–Kier alpha value is -0.800. The van der Waals surface area contributed by atoms with E-state index >= 15 is 0 Å². The van der Waals surface area contributed by atoms with Gasteiger partial charge in [0.05, 0.1) is 6.10 Å². The van der Waals surface area contributed by atoms with Crippen molar-refractivity contribution >= 4 is 0 Å². The molecule has 2 atom stereocenters. The van der Waals surface area contributed by atoms with Crippen LogP contribution in [0.5, 0.6) is 0 Å².